The van der Waals surface area contributed by atoms with E-state index in [9.17, 15) is 14.9 Å². The first-order valence-electron chi connectivity index (χ1n) is 9.59. The number of benzene rings is 2. The van der Waals surface area contributed by atoms with Crippen LogP contribution in [0.5, 0.6) is 0 Å². The van der Waals surface area contributed by atoms with Gasteiger partial charge >= 0.3 is 0 Å². The van der Waals surface area contributed by atoms with E-state index in [1.165, 1.54) is 23.5 Å². The van der Waals surface area contributed by atoms with Crippen LogP contribution in [0.2, 0.25) is 0 Å². The molecule has 7 nitrogen and oxygen atoms in total. The number of amides is 1. The molecule has 1 amide bonds. The molecule has 0 aliphatic carbocycles. The van der Waals surface area contributed by atoms with Gasteiger partial charge in [-0.15, -0.1) is 0 Å². The van der Waals surface area contributed by atoms with Crippen LogP contribution in [0.1, 0.15) is 5.56 Å². The van der Waals surface area contributed by atoms with Crippen molar-refractivity contribution in [1.29, 1.82) is 0 Å². The van der Waals surface area contributed by atoms with Crippen LogP contribution in [0.4, 0.5) is 11.4 Å². The predicted octanol–water partition coefficient (Wildman–Crippen LogP) is 3.94. The zero-order valence-corrected chi connectivity index (χ0v) is 17.0. The Morgan fingerprint density at radius 1 is 0.967 bits per heavy atom. The number of anilines is 1. The first-order valence-corrected chi connectivity index (χ1v) is 10.4. The van der Waals surface area contributed by atoms with E-state index >= 15 is 0 Å². The predicted molar refractivity (Wildman–Crippen MR) is 120 cm³/mol. The Balaban J connectivity index is 1.37. The molecule has 0 aromatic heterocycles. The fraction of sp³-hybridized carbons (Fsp3) is 0.182. The number of hydrogen-bond acceptors (Lipinski definition) is 6. The van der Waals surface area contributed by atoms with Crippen molar-refractivity contribution in [2.75, 3.05) is 31.1 Å². The highest BCUT2D eigenvalue weighted by Crippen LogP contribution is 2.30. The maximum absolute atomic E-state index is 12.3. The average Bonchev–Trinajstić information content (AvgIpc) is 3.15. The van der Waals surface area contributed by atoms with Gasteiger partial charge in [0.25, 0.3) is 11.6 Å². The normalized spacial score (nSPS) is 18.3. The van der Waals surface area contributed by atoms with Gasteiger partial charge in [-0.3, -0.25) is 14.9 Å². The first-order chi connectivity index (χ1) is 14.6. The lowest BCUT2D eigenvalue weighted by Crippen LogP contribution is -2.47. The molecule has 0 spiro atoms. The van der Waals surface area contributed by atoms with E-state index in [0.29, 0.717) is 10.5 Å². The number of para-hydroxylation sites is 2. The van der Waals surface area contributed by atoms with Crippen LogP contribution in [0, 0.1) is 10.1 Å². The van der Waals surface area contributed by atoms with Gasteiger partial charge in [-0.25, -0.2) is 0 Å². The summed E-state index contributed by atoms with van der Waals surface area (Å²) in [5, 5.41) is 11.8. The maximum Gasteiger partial charge on any atom is 0.286 e. The summed E-state index contributed by atoms with van der Waals surface area (Å²) in [7, 11) is 0. The van der Waals surface area contributed by atoms with Gasteiger partial charge in [-0.2, -0.15) is 4.99 Å². The Morgan fingerprint density at radius 2 is 1.63 bits per heavy atom. The van der Waals surface area contributed by atoms with Gasteiger partial charge in [0.15, 0.2) is 5.17 Å². The molecule has 2 aromatic rings. The molecule has 30 heavy (non-hydrogen) atoms. The molecule has 0 atom stereocenters. The molecule has 0 N–H and O–H groups in total. The van der Waals surface area contributed by atoms with E-state index in [1.807, 2.05) is 18.2 Å². The van der Waals surface area contributed by atoms with Crippen molar-refractivity contribution in [3.05, 3.63) is 87.3 Å². The summed E-state index contributed by atoms with van der Waals surface area (Å²) in [5.74, 6) is -0.271. The van der Waals surface area contributed by atoms with Crippen molar-refractivity contribution in [3.8, 4) is 0 Å². The van der Waals surface area contributed by atoms with Crippen LogP contribution < -0.4 is 4.90 Å². The van der Waals surface area contributed by atoms with E-state index in [-0.39, 0.29) is 11.6 Å². The number of rotatable bonds is 4. The molecule has 2 aliphatic rings. The number of hydrogen-bond donors (Lipinski definition) is 0. The monoisotopic (exact) mass is 420 g/mol. The zero-order valence-electron chi connectivity index (χ0n) is 16.2. The Labute approximate surface area is 178 Å². The summed E-state index contributed by atoms with van der Waals surface area (Å²) in [4.78, 5) is 32.1. The minimum Gasteiger partial charge on any atom is -0.368 e. The number of piperazine rings is 1. The van der Waals surface area contributed by atoms with Crippen molar-refractivity contribution in [2.45, 2.75) is 0 Å². The lowest BCUT2D eigenvalue weighted by atomic mass is 10.1. The van der Waals surface area contributed by atoms with Crippen molar-refractivity contribution >= 4 is 40.3 Å². The number of nitro groups is 1. The number of allylic oxidation sites excluding steroid dienone is 2. The van der Waals surface area contributed by atoms with Crippen LogP contribution in [-0.4, -0.2) is 47.1 Å². The van der Waals surface area contributed by atoms with Crippen LogP contribution in [0.25, 0.3) is 6.08 Å². The molecule has 0 unspecified atom stereocenters. The summed E-state index contributed by atoms with van der Waals surface area (Å²) in [6.45, 7) is 3.34. The van der Waals surface area contributed by atoms with Gasteiger partial charge in [0.2, 0.25) is 0 Å². The average molecular weight is 420 g/mol. The second-order valence-corrected chi connectivity index (χ2v) is 7.83. The second kappa shape index (κ2) is 8.96. The van der Waals surface area contributed by atoms with Crippen LogP contribution in [0.15, 0.2) is 76.6 Å². The van der Waals surface area contributed by atoms with Gasteiger partial charge in [0, 0.05) is 37.9 Å². The molecule has 2 aromatic carbocycles. The summed E-state index contributed by atoms with van der Waals surface area (Å²) in [6.07, 6.45) is 4.96. The Kier molecular flexibility index (Phi) is 5.94. The number of aliphatic imine (C=N–C) groups is 1. The molecule has 2 aliphatic heterocycles. The quantitative estimate of drug-likeness (QED) is 0.423. The Morgan fingerprint density at radius 3 is 2.37 bits per heavy atom. The Hall–Kier alpha value is -3.39. The minimum absolute atomic E-state index is 0.0331. The Bertz CT molecular complexity index is 1040. The van der Waals surface area contributed by atoms with Gasteiger partial charge in [-0.1, -0.05) is 36.4 Å². The summed E-state index contributed by atoms with van der Waals surface area (Å²) >= 11 is 1.35. The standard InChI is InChI=1S/C22H20N4O3S/c27-21-20(12-6-8-17-7-4-5-11-19(17)26(28)29)30-22(23-21)25-15-13-24(14-16-25)18-9-2-1-3-10-18/h1-12H,13-16H2/b8-6+,20-12-. The van der Waals surface area contributed by atoms with E-state index in [2.05, 4.69) is 26.9 Å². The highest BCUT2D eigenvalue weighted by molar-refractivity contribution is 8.18. The summed E-state index contributed by atoms with van der Waals surface area (Å²) in [5.41, 5.74) is 1.73. The van der Waals surface area contributed by atoms with Gasteiger partial charge in [-0.05, 0) is 42.1 Å². The van der Waals surface area contributed by atoms with Crippen LogP contribution in [-0.2, 0) is 4.79 Å². The molecule has 0 bridgehead atoms. The molecule has 2 heterocycles. The molecular formula is C22H20N4O3S. The van der Waals surface area contributed by atoms with Crippen molar-refractivity contribution in [1.82, 2.24) is 4.90 Å². The number of carbonyl (C=O) groups excluding carboxylic acids is 1. The van der Waals surface area contributed by atoms with E-state index in [0.717, 1.165) is 31.3 Å². The minimum atomic E-state index is -0.418. The van der Waals surface area contributed by atoms with Crippen molar-refractivity contribution in [3.63, 3.8) is 0 Å². The molecular weight excluding hydrogens is 400 g/mol. The zero-order chi connectivity index (χ0) is 20.9. The first kappa shape index (κ1) is 19.9. The van der Waals surface area contributed by atoms with E-state index in [1.54, 1.807) is 36.4 Å². The van der Waals surface area contributed by atoms with Crippen molar-refractivity contribution in [2.24, 2.45) is 4.99 Å². The lowest BCUT2D eigenvalue weighted by molar-refractivity contribution is -0.385. The molecule has 1 fully saturated rings. The summed E-state index contributed by atoms with van der Waals surface area (Å²) in [6, 6.07) is 16.8. The molecule has 0 saturated carbocycles. The number of nitrogens with zero attached hydrogens (tertiary/aromatic N) is 4. The molecule has 1 saturated heterocycles. The molecule has 8 heteroatoms. The number of amidine groups is 1. The highest BCUT2D eigenvalue weighted by atomic mass is 32.2. The smallest absolute Gasteiger partial charge is 0.286 e. The second-order valence-electron chi connectivity index (χ2n) is 6.82. The largest absolute Gasteiger partial charge is 0.368 e. The molecule has 152 valence electrons. The number of thioether (sulfide) groups is 1. The molecule has 0 radical (unpaired) electrons. The van der Waals surface area contributed by atoms with Crippen LogP contribution in [0.3, 0.4) is 0 Å². The van der Waals surface area contributed by atoms with E-state index in [4.69, 9.17) is 0 Å². The highest BCUT2D eigenvalue weighted by Gasteiger charge is 2.28. The lowest BCUT2D eigenvalue weighted by Gasteiger charge is -2.36. The fourth-order valence-electron chi connectivity index (χ4n) is 3.38. The van der Waals surface area contributed by atoms with Crippen molar-refractivity contribution < 1.29 is 9.72 Å². The van der Waals surface area contributed by atoms with Gasteiger partial charge in [0.1, 0.15) is 0 Å². The number of carbonyl (C=O) groups is 1. The fourth-order valence-corrected chi connectivity index (χ4v) is 4.29. The van der Waals surface area contributed by atoms with Crippen LogP contribution >= 0.6 is 11.8 Å². The molecule has 4 rings (SSSR count). The topological polar surface area (TPSA) is 79.0 Å². The SMILES string of the molecule is O=C1N=C(N2CCN(c3ccccc3)CC2)S/C1=C\C=C\c1ccccc1[N+](=O)[O-]. The summed E-state index contributed by atoms with van der Waals surface area (Å²) < 4.78 is 0. The number of nitro benzene ring substituents is 1. The third-order valence-corrected chi connectivity index (χ3v) is 6.00. The third kappa shape index (κ3) is 4.44. The third-order valence-electron chi connectivity index (χ3n) is 4.94. The van der Waals surface area contributed by atoms with Gasteiger partial charge in [0.05, 0.1) is 15.4 Å². The van der Waals surface area contributed by atoms with Gasteiger partial charge < -0.3 is 9.80 Å². The van der Waals surface area contributed by atoms with E-state index < -0.39 is 4.92 Å². The maximum atomic E-state index is 12.3.